The highest BCUT2D eigenvalue weighted by Crippen LogP contribution is 2.25. The van der Waals surface area contributed by atoms with E-state index < -0.39 is 52.8 Å². The third kappa shape index (κ3) is 3.52. The van der Waals surface area contributed by atoms with Gasteiger partial charge in [0.15, 0.2) is 23.3 Å². The summed E-state index contributed by atoms with van der Waals surface area (Å²) in [6.07, 6.45) is -0.978. The number of ether oxygens (including phenoxy) is 1. The van der Waals surface area contributed by atoms with Crippen LogP contribution < -0.4 is 11.1 Å². The van der Waals surface area contributed by atoms with Gasteiger partial charge in [0.05, 0.1) is 6.54 Å². The monoisotopic (exact) mass is 294 g/mol. The first-order valence-electron chi connectivity index (χ1n) is 5.61. The van der Waals surface area contributed by atoms with Crippen LogP contribution in [0.15, 0.2) is 0 Å². The lowest BCUT2D eigenvalue weighted by Gasteiger charge is -2.20. The molecular formula is C12H14F4N2O2. The predicted molar refractivity (Wildman–Crippen MR) is 63.8 cm³/mol. The first-order chi connectivity index (χ1) is 9.04. The second-order valence-electron chi connectivity index (χ2n) is 5.00. The molecule has 0 saturated carbocycles. The van der Waals surface area contributed by atoms with E-state index in [1.165, 1.54) is 0 Å². The Kier molecular flexibility index (Phi) is 4.46. The summed E-state index contributed by atoms with van der Waals surface area (Å²) in [5, 5.41) is 2.00. The minimum Gasteiger partial charge on any atom is -0.444 e. The van der Waals surface area contributed by atoms with Gasteiger partial charge in [0.2, 0.25) is 0 Å². The maximum Gasteiger partial charge on any atom is 0.407 e. The molecule has 0 unspecified atom stereocenters. The Balaban J connectivity index is 2.92. The number of anilines is 1. The van der Waals surface area contributed by atoms with E-state index in [1.54, 1.807) is 20.8 Å². The second kappa shape index (κ2) is 5.56. The summed E-state index contributed by atoms with van der Waals surface area (Å²) in [6, 6.07) is 0. The van der Waals surface area contributed by atoms with Crippen molar-refractivity contribution in [3.05, 3.63) is 28.8 Å². The minimum absolute atomic E-state index is 0.777. The van der Waals surface area contributed by atoms with Gasteiger partial charge in [0, 0.05) is 5.56 Å². The van der Waals surface area contributed by atoms with E-state index in [2.05, 4.69) is 0 Å². The second-order valence-corrected chi connectivity index (χ2v) is 5.00. The summed E-state index contributed by atoms with van der Waals surface area (Å²) in [7, 11) is 0. The lowest BCUT2D eigenvalue weighted by atomic mass is 10.1. The van der Waals surface area contributed by atoms with Crippen molar-refractivity contribution in [2.75, 3.05) is 5.73 Å². The molecule has 1 aromatic carbocycles. The number of alkyl carbamates (subject to hydrolysis) is 1. The van der Waals surface area contributed by atoms with Crippen molar-refractivity contribution in [1.29, 1.82) is 0 Å². The highest BCUT2D eigenvalue weighted by Gasteiger charge is 2.24. The molecule has 0 bridgehead atoms. The fraction of sp³-hybridized carbons (Fsp3) is 0.417. The van der Waals surface area contributed by atoms with Gasteiger partial charge in [-0.05, 0) is 20.8 Å². The maximum atomic E-state index is 13.4. The number of nitrogens with one attached hydrogen (secondary N) is 1. The van der Waals surface area contributed by atoms with Gasteiger partial charge in [-0.25, -0.2) is 22.4 Å². The zero-order valence-electron chi connectivity index (χ0n) is 11.1. The molecule has 0 atom stereocenters. The van der Waals surface area contributed by atoms with E-state index >= 15 is 0 Å². The van der Waals surface area contributed by atoms with Gasteiger partial charge in [0.1, 0.15) is 11.3 Å². The van der Waals surface area contributed by atoms with Crippen LogP contribution in [0.4, 0.5) is 28.0 Å². The predicted octanol–water partition coefficient (Wildman–Crippen LogP) is 2.85. The summed E-state index contributed by atoms with van der Waals surface area (Å²) in [6.45, 7) is 3.96. The third-order valence-electron chi connectivity index (χ3n) is 2.20. The molecule has 0 aliphatic rings. The Bertz CT molecular complexity index is 512. The van der Waals surface area contributed by atoms with Gasteiger partial charge in [-0.1, -0.05) is 0 Å². The summed E-state index contributed by atoms with van der Waals surface area (Å²) < 4.78 is 58.0. The van der Waals surface area contributed by atoms with E-state index in [0.29, 0.717) is 0 Å². The summed E-state index contributed by atoms with van der Waals surface area (Å²) in [4.78, 5) is 11.3. The fourth-order valence-corrected chi connectivity index (χ4v) is 1.32. The van der Waals surface area contributed by atoms with E-state index in [9.17, 15) is 22.4 Å². The number of amides is 1. The van der Waals surface area contributed by atoms with Crippen molar-refractivity contribution in [2.45, 2.75) is 32.9 Å². The van der Waals surface area contributed by atoms with Gasteiger partial charge in [-0.15, -0.1) is 0 Å². The molecule has 0 aliphatic carbocycles. The highest BCUT2D eigenvalue weighted by atomic mass is 19.2. The number of rotatable bonds is 2. The van der Waals surface area contributed by atoms with Crippen molar-refractivity contribution < 1.29 is 27.1 Å². The molecule has 0 heterocycles. The number of hydrogen-bond acceptors (Lipinski definition) is 3. The number of carbonyl (C=O) groups excluding carboxylic acids is 1. The number of carbonyl (C=O) groups is 1. The molecule has 1 amide bonds. The molecule has 0 aromatic heterocycles. The molecule has 4 nitrogen and oxygen atoms in total. The molecule has 0 radical (unpaired) electrons. The zero-order chi connectivity index (χ0) is 15.7. The molecule has 1 rings (SSSR count). The van der Waals surface area contributed by atoms with Crippen molar-refractivity contribution in [3.63, 3.8) is 0 Å². The third-order valence-corrected chi connectivity index (χ3v) is 2.20. The Morgan fingerprint density at radius 1 is 1.10 bits per heavy atom. The maximum absolute atomic E-state index is 13.4. The molecule has 112 valence electrons. The van der Waals surface area contributed by atoms with Crippen molar-refractivity contribution in [3.8, 4) is 0 Å². The number of nitrogens with two attached hydrogens (primary N) is 1. The number of benzene rings is 1. The quantitative estimate of drug-likeness (QED) is 0.501. The van der Waals surface area contributed by atoms with Crippen LogP contribution in [0.5, 0.6) is 0 Å². The number of nitrogen functional groups attached to an aromatic ring is 1. The molecule has 20 heavy (non-hydrogen) atoms. The smallest absolute Gasteiger partial charge is 0.407 e. The van der Waals surface area contributed by atoms with E-state index in [1.807, 2.05) is 5.32 Å². The van der Waals surface area contributed by atoms with Crippen LogP contribution in [-0.4, -0.2) is 11.7 Å². The fourth-order valence-electron chi connectivity index (χ4n) is 1.32. The van der Waals surface area contributed by atoms with Crippen LogP contribution in [0.3, 0.4) is 0 Å². The summed E-state index contributed by atoms with van der Waals surface area (Å²) in [5.74, 6) is -6.72. The SMILES string of the molecule is CC(C)(C)OC(=O)NCc1c(F)c(F)c(N)c(F)c1F. The largest absolute Gasteiger partial charge is 0.444 e. The van der Waals surface area contributed by atoms with Gasteiger partial charge >= 0.3 is 6.09 Å². The molecule has 0 spiro atoms. The Morgan fingerprint density at radius 3 is 1.95 bits per heavy atom. The lowest BCUT2D eigenvalue weighted by Crippen LogP contribution is -2.32. The zero-order valence-corrected chi connectivity index (χ0v) is 11.1. The normalized spacial score (nSPS) is 11.3. The van der Waals surface area contributed by atoms with Gasteiger partial charge in [0.25, 0.3) is 0 Å². The van der Waals surface area contributed by atoms with Crippen molar-refractivity contribution >= 4 is 11.8 Å². The molecule has 0 saturated heterocycles. The Hall–Kier alpha value is -1.99. The standard InChI is InChI=1S/C12H14F4N2O2/c1-12(2,3)20-11(19)18-4-5-6(13)8(15)10(17)9(16)7(5)14/h4,17H2,1-3H3,(H,18,19). The lowest BCUT2D eigenvalue weighted by molar-refractivity contribution is 0.0522. The van der Waals surface area contributed by atoms with Gasteiger partial charge in [-0.2, -0.15) is 0 Å². The summed E-state index contributed by atoms with van der Waals surface area (Å²) >= 11 is 0. The molecule has 8 heteroatoms. The molecule has 0 aliphatic heterocycles. The average Bonchev–Trinajstić information content (AvgIpc) is 2.32. The van der Waals surface area contributed by atoms with Crippen molar-refractivity contribution in [2.24, 2.45) is 0 Å². The van der Waals surface area contributed by atoms with Crippen LogP contribution in [0.25, 0.3) is 0 Å². The van der Waals surface area contributed by atoms with E-state index in [4.69, 9.17) is 10.5 Å². The topological polar surface area (TPSA) is 64.3 Å². The first kappa shape index (κ1) is 16.1. The van der Waals surface area contributed by atoms with Crippen LogP contribution in [-0.2, 0) is 11.3 Å². The van der Waals surface area contributed by atoms with Crippen LogP contribution >= 0.6 is 0 Å². The first-order valence-corrected chi connectivity index (χ1v) is 5.61. The minimum atomic E-state index is -1.70. The average molecular weight is 294 g/mol. The van der Waals surface area contributed by atoms with E-state index in [0.717, 1.165) is 0 Å². The Labute approximate surface area is 112 Å². The van der Waals surface area contributed by atoms with Gasteiger partial charge in [-0.3, -0.25) is 0 Å². The van der Waals surface area contributed by atoms with Gasteiger partial charge < -0.3 is 15.8 Å². The van der Waals surface area contributed by atoms with Crippen LogP contribution in [0, 0.1) is 23.3 Å². The summed E-state index contributed by atoms with van der Waals surface area (Å²) in [5.41, 5.74) is 1.81. The molecule has 0 fully saturated rings. The van der Waals surface area contributed by atoms with Crippen molar-refractivity contribution in [1.82, 2.24) is 5.32 Å². The number of halogens is 4. The highest BCUT2D eigenvalue weighted by molar-refractivity contribution is 5.67. The molecular weight excluding hydrogens is 280 g/mol. The van der Waals surface area contributed by atoms with Crippen LogP contribution in [0.2, 0.25) is 0 Å². The molecule has 3 N–H and O–H groups in total. The Morgan fingerprint density at radius 2 is 1.55 bits per heavy atom. The molecule has 1 aromatic rings. The van der Waals surface area contributed by atoms with Crippen LogP contribution in [0.1, 0.15) is 26.3 Å². The van der Waals surface area contributed by atoms with E-state index in [-0.39, 0.29) is 0 Å². The number of hydrogen-bond donors (Lipinski definition) is 2.